The van der Waals surface area contributed by atoms with Gasteiger partial charge >= 0.3 is 0 Å². The topological polar surface area (TPSA) is 52.0 Å². The van der Waals surface area contributed by atoms with Crippen LogP contribution >= 0.6 is 9.24 Å². The molecule has 4 N–H and O–H groups in total. The van der Waals surface area contributed by atoms with E-state index in [4.69, 9.17) is 11.5 Å². The first-order chi connectivity index (χ1) is 2.81. The van der Waals surface area contributed by atoms with Crippen LogP contribution in [0.5, 0.6) is 0 Å². The Morgan fingerprint density at radius 3 is 1.67 bits per heavy atom. The molecule has 0 saturated heterocycles. The van der Waals surface area contributed by atoms with Gasteiger partial charge in [-0.15, -0.1) is 9.24 Å². The Morgan fingerprint density at radius 1 is 1.33 bits per heavy atom. The van der Waals surface area contributed by atoms with Crippen LogP contribution in [0.1, 0.15) is 0 Å². The molecule has 0 aromatic rings. The summed E-state index contributed by atoms with van der Waals surface area (Å²) in [7, 11) is 2.56. The van der Waals surface area contributed by atoms with E-state index in [0.717, 1.165) is 0 Å². The molecule has 38 valence electrons. The molecule has 1 unspecified atom stereocenters. The first-order valence-corrected chi connectivity index (χ1v) is 2.63. The molecule has 0 spiro atoms. The lowest BCUT2D eigenvalue weighted by atomic mass is 10.4. The summed E-state index contributed by atoms with van der Waals surface area (Å²) in [6.45, 7) is 1.34. The van der Waals surface area contributed by atoms with Gasteiger partial charge in [0.05, 0.1) is 0 Å². The van der Waals surface area contributed by atoms with Crippen LogP contribution in [0.25, 0.3) is 0 Å². The molecule has 3 heteroatoms. The predicted molar refractivity (Wildman–Crippen MR) is 31.6 cm³/mol. The molecule has 0 saturated carbocycles. The molecule has 0 fully saturated rings. The fourth-order valence-corrected chi connectivity index (χ4v) is 0.0962. The van der Waals surface area contributed by atoms with Crippen molar-refractivity contribution in [3.8, 4) is 0 Å². The zero-order chi connectivity index (χ0) is 4.99. The van der Waals surface area contributed by atoms with Crippen molar-refractivity contribution in [1.29, 1.82) is 0 Å². The van der Waals surface area contributed by atoms with Crippen LogP contribution in [-0.2, 0) is 0 Å². The zero-order valence-electron chi connectivity index (χ0n) is 3.72. The van der Waals surface area contributed by atoms with Crippen LogP contribution in [0.3, 0.4) is 0 Å². The first-order valence-electron chi connectivity index (χ1n) is 1.97. The summed E-state index contributed by atoms with van der Waals surface area (Å²) in [5, 5.41) is 0. The van der Waals surface area contributed by atoms with E-state index in [2.05, 4.69) is 9.24 Å². The molecule has 0 aromatic heterocycles. The lowest BCUT2D eigenvalue weighted by Gasteiger charge is -1.99. The van der Waals surface area contributed by atoms with E-state index in [0.29, 0.717) is 18.7 Å². The van der Waals surface area contributed by atoms with Gasteiger partial charge in [-0.05, 0) is 18.7 Å². The number of rotatable bonds is 2. The minimum absolute atomic E-state index is 0.407. The molecular formula is C3H11N2P. The van der Waals surface area contributed by atoms with Gasteiger partial charge in [0, 0.05) is 0 Å². The van der Waals surface area contributed by atoms with Gasteiger partial charge in [-0.3, -0.25) is 0 Å². The highest BCUT2D eigenvalue weighted by Gasteiger charge is 1.89. The van der Waals surface area contributed by atoms with Crippen molar-refractivity contribution >= 4 is 9.24 Å². The molecule has 0 rings (SSSR count). The third kappa shape index (κ3) is 2.58. The molecule has 0 heterocycles. The number of hydrogen-bond acceptors (Lipinski definition) is 2. The Hall–Kier alpha value is 0.350. The maximum absolute atomic E-state index is 5.18. The highest BCUT2D eigenvalue weighted by molar-refractivity contribution is 7.17. The van der Waals surface area contributed by atoms with Gasteiger partial charge in [0.1, 0.15) is 0 Å². The predicted octanol–water partition coefficient (Wildman–Crippen LogP) is -0.853. The van der Waals surface area contributed by atoms with Gasteiger partial charge in [-0.1, -0.05) is 0 Å². The lowest BCUT2D eigenvalue weighted by molar-refractivity contribution is 0.864. The first kappa shape index (κ1) is 6.35. The van der Waals surface area contributed by atoms with E-state index in [1.807, 2.05) is 0 Å². The molecule has 0 radical (unpaired) electrons. The van der Waals surface area contributed by atoms with E-state index < -0.39 is 0 Å². The van der Waals surface area contributed by atoms with Gasteiger partial charge in [-0.25, -0.2) is 0 Å². The monoisotopic (exact) mass is 106 g/mol. The zero-order valence-corrected chi connectivity index (χ0v) is 4.88. The summed E-state index contributed by atoms with van der Waals surface area (Å²) in [6.07, 6.45) is 0. The summed E-state index contributed by atoms with van der Waals surface area (Å²) in [6, 6.07) is 0. The van der Waals surface area contributed by atoms with Crippen LogP contribution in [0, 0.1) is 0 Å². The molecule has 6 heavy (non-hydrogen) atoms. The molecule has 0 amide bonds. The van der Waals surface area contributed by atoms with Gasteiger partial charge in [0.15, 0.2) is 0 Å². The normalized spacial score (nSPS) is 10.0. The Morgan fingerprint density at radius 2 is 1.67 bits per heavy atom. The van der Waals surface area contributed by atoms with Crippen LogP contribution in [0.15, 0.2) is 0 Å². The van der Waals surface area contributed by atoms with E-state index >= 15 is 0 Å². The van der Waals surface area contributed by atoms with Crippen molar-refractivity contribution < 1.29 is 0 Å². The number of hydrogen-bond donors (Lipinski definition) is 2. The van der Waals surface area contributed by atoms with Crippen molar-refractivity contribution in [3.05, 3.63) is 0 Å². The Labute approximate surface area is 40.5 Å². The van der Waals surface area contributed by atoms with Crippen LogP contribution < -0.4 is 11.5 Å². The summed E-state index contributed by atoms with van der Waals surface area (Å²) >= 11 is 0. The largest absolute Gasteiger partial charge is 0.330 e. The van der Waals surface area contributed by atoms with E-state index in [1.54, 1.807) is 0 Å². The van der Waals surface area contributed by atoms with Crippen molar-refractivity contribution in [2.45, 2.75) is 5.66 Å². The standard InChI is InChI=1S/C3H11N2P/c4-1-3(6)2-5/h3H,1-2,4-6H2. The highest BCUT2D eigenvalue weighted by Crippen LogP contribution is 1.90. The fraction of sp³-hybridized carbons (Fsp3) is 1.00. The minimum atomic E-state index is 0.407. The molecule has 0 bridgehead atoms. The molecule has 1 atom stereocenters. The van der Waals surface area contributed by atoms with Crippen LogP contribution in [0.2, 0.25) is 0 Å². The molecule has 0 aliphatic carbocycles. The third-order valence-corrected chi connectivity index (χ3v) is 1.15. The van der Waals surface area contributed by atoms with Crippen molar-refractivity contribution in [2.24, 2.45) is 11.5 Å². The van der Waals surface area contributed by atoms with E-state index in [1.165, 1.54) is 0 Å². The SMILES string of the molecule is NCC(P)CN. The molecule has 0 aromatic carbocycles. The average Bonchev–Trinajstić information content (AvgIpc) is 1.65. The van der Waals surface area contributed by atoms with Crippen LogP contribution in [0.4, 0.5) is 0 Å². The van der Waals surface area contributed by atoms with Gasteiger partial charge in [0.2, 0.25) is 0 Å². The summed E-state index contributed by atoms with van der Waals surface area (Å²) in [5.74, 6) is 0. The second-order valence-electron chi connectivity index (χ2n) is 1.23. The maximum Gasteiger partial charge on any atom is -0.000209 e. The smallest absolute Gasteiger partial charge is 0.000209 e. The Balaban J connectivity index is 2.75. The van der Waals surface area contributed by atoms with Gasteiger partial charge < -0.3 is 11.5 Å². The second-order valence-corrected chi connectivity index (χ2v) is 2.17. The molecule has 0 aliphatic heterocycles. The second kappa shape index (κ2) is 3.54. The number of nitrogens with two attached hydrogens (primary N) is 2. The van der Waals surface area contributed by atoms with E-state index in [9.17, 15) is 0 Å². The quantitative estimate of drug-likeness (QED) is 0.450. The summed E-state index contributed by atoms with van der Waals surface area (Å²) in [5.41, 5.74) is 10.8. The van der Waals surface area contributed by atoms with Gasteiger partial charge in [0.25, 0.3) is 0 Å². The fourth-order valence-electron chi connectivity index (χ4n) is 0.0962. The minimum Gasteiger partial charge on any atom is -0.330 e. The summed E-state index contributed by atoms with van der Waals surface area (Å²) in [4.78, 5) is 0. The van der Waals surface area contributed by atoms with E-state index in [-0.39, 0.29) is 0 Å². The molecule has 2 nitrogen and oxygen atoms in total. The van der Waals surface area contributed by atoms with Crippen molar-refractivity contribution in [1.82, 2.24) is 0 Å². The summed E-state index contributed by atoms with van der Waals surface area (Å²) < 4.78 is 0. The van der Waals surface area contributed by atoms with Crippen molar-refractivity contribution in [2.75, 3.05) is 13.1 Å². The van der Waals surface area contributed by atoms with Gasteiger partial charge in [-0.2, -0.15) is 0 Å². The molecule has 0 aliphatic rings. The lowest BCUT2D eigenvalue weighted by Crippen LogP contribution is -2.22. The Kier molecular flexibility index (Phi) is 3.74. The van der Waals surface area contributed by atoms with Crippen LogP contribution in [-0.4, -0.2) is 18.7 Å². The van der Waals surface area contributed by atoms with Crippen molar-refractivity contribution in [3.63, 3.8) is 0 Å². The highest BCUT2D eigenvalue weighted by atomic mass is 31.0. The Bertz CT molecular complexity index is 28.0. The third-order valence-electron chi connectivity index (χ3n) is 0.605. The molecular weight excluding hydrogens is 95.0 g/mol. The maximum atomic E-state index is 5.18. The average molecular weight is 106 g/mol.